The molecule has 52 heavy (non-hydrogen) atoms. The van der Waals surface area contributed by atoms with Gasteiger partial charge in [-0.15, -0.1) is 0 Å². The molecule has 2 unspecified atom stereocenters. The predicted octanol–water partition coefficient (Wildman–Crippen LogP) is 13.2. The quantitative estimate of drug-likeness (QED) is 0.149. The molecule has 0 fully saturated rings. The second kappa shape index (κ2) is 12.2. The van der Waals surface area contributed by atoms with Crippen molar-refractivity contribution in [2.45, 2.75) is 77.8 Å². The number of anilines is 4. The average Bonchev–Trinajstić information content (AvgIpc) is 3.73. The van der Waals surface area contributed by atoms with Crippen LogP contribution in [0, 0.1) is 25.5 Å². The van der Waals surface area contributed by atoms with E-state index in [1.165, 1.54) is 50.1 Å². The topological polar surface area (TPSA) is 6.48 Å². The van der Waals surface area contributed by atoms with Gasteiger partial charge in [0.05, 0.1) is 11.1 Å². The van der Waals surface area contributed by atoms with Gasteiger partial charge in [-0.25, -0.2) is 8.78 Å². The molecule has 0 aliphatic heterocycles. The molecule has 2 atom stereocenters. The second-order valence-corrected chi connectivity index (χ2v) is 15.5. The highest BCUT2D eigenvalue weighted by Gasteiger charge is 2.56. The van der Waals surface area contributed by atoms with Gasteiger partial charge in [-0.05, 0) is 151 Å². The number of benzene rings is 6. The Morgan fingerprint density at radius 2 is 1.00 bits per heavy atom. The number of halogens is 2. The van der Waals surface area contributed by atoms with Crippen molar-refractivity contribution in [3.8, 4) is 11.1 Å². The van der Waals surface area contributed by atoms with Crippen LogP contribution in [0.1, 0.15) is 86.4 Å². The van der Waals surface area contributed by atoms with Crippen molar-refractivity contribution in [3.63, 3.8) is 0 Å². The van der Waals surface area contributed by atoms with Gasteiger partial charge in [0, 0.05) is 28.2 Å². The van der Waals surface area contributed by atoms with E-state index in [0.29, 0.717) is 0 Å². The first kappa shape index (κ1) is 33.9. The monoisotopic (exact) mass is 688 g/mol. The van der Waals surface area contributed by atoms with Crippen molar-refractivity contribution in [2.24, 2.45) is 0 Å². The van der Waals surface area contributed by atoms with Gasteiger partial charge < -0.3 is 9.80 Å². The third-order valence-corrected chi connectivity index (χ3v) is 12.1. The van der Waals surface area contributed by atoms with Crippen LogP contribution in [0.25, 0.3) is 11.1 Å². The fourth-order valence-electron chi connectivity index (χ4n) is 8.86. The lowest BCUT2D eigenvalue weighted by atomic mass is 9.79. The third-order valence-electron chi connectivity index (χ3n) is 12.1. The molecule has 8 rings (SSSR count). The van der Waals surface area contributed by atoms with E-state index in [9.17, 15) is 8.78 Å². The molecule has 6 aromatic rings. The molecular formula is C48H46F2N2. The highest BCUT2D eigenvalue weighted by atomic mass is 19.1. The first-order valence-corrected chi connectivity index (χ1v) is 18.5. The van der Waals surface area contributed by atoms with Crippen LogP contribution >= 0.6 is 0 Å². The Morgan fingerprint density at radius 3 is 1.52 bits per heavy atom. The normalized spacial score (nSPS) is 17.5. The number of rotatable bonds is 9. The van der Waals surface area contributed by atoms with Crippen molar-refractivity contribution >= 4 is 22.7 Å². The standard InChI is InChI=1S/C48H46F2N2/c1-8-47(7,51(36-19-10-31(3)11-20-36)37-23-15-34(49)16-24-37)33-14-27-40-41-29-44-45(30-43(41)46(5,6)42(40)28-33)48(44,9-2)52(38-21-12-32(4)13-22-38)39-25-17-35(50)18-26-39/h10-30H,8-9H2,1-7H3. The van der Waals surface area contributed by atoms with E-state index in [0.717, 1.165) is 35.6 Å². The number of aryl methyl sites for hydroxylation is 2. The average molecular weight is 689 g/mol. The van der Waals surface area contributed by atoms with E-state index in [4.69, 9.17) is 0 Å². The summed E-state index contributed by atoms with van der Waals surface area (Å²) in [6.07, 6.45) is 1.73. The van der Waals surface area contributed by atoms with Gasteiger partial charge in [0.2, 0.25) is 0 Å². The zero-order valence-corrected chi connectivity index (χ0v) is 31.2. The SMILES string of the molecule is CCC(C)(c1ccc2c(c1)C(C)(C)c1cc3c(cc1-2)C3(CC)N(c1ccc(C)cc1)c1ccc(F)cc1)N(c1ccc(C)cc1)c1ccc(F)cc1. The highest BCUT2D eigenvalue weighted by Crippen LogP contribution is 2.63. The molecule has 2 aliphatic carbocycles. The van der Waals surface area contributed by atoms with Gasteiger partial charge in [0.25, 0.3) is 0 Å². The van der Waals surface area contributed by atoms with Crippen molar-refractivity contribution in [3.05, 3.63) is 178 Å². The molecule has 0 amide bonds. The van der Waals surface area contributed by atoms with E-state index in [-0.39, 0.29) is 22.6 Å². The van der Waals surface area contributed by atoms with Crippen LogP contribution in [0.5, 0.6) is 0 Å². The van der Waals surface area contributed by atoms with Crippen LogP contribution in [0.4, 0.5) is 31.5 Å². The third kappa shape index (κ3) is 5.10. The number of fused-ring (bicyclic) bond motifs is 4. The summed E-state index contributed by atoms with van der Waals surface area (Å²) < 4.78 is 28.4. The summed E-state index contributed by atoms with van der Waals surface area (Å²) in [7, 11) is 0. The van der Waals surface area contributed by atoms with E-state index >= 15 is 0 Å². The fourth-order valence-corrected chi connectivity index (χ4v) is 8.86. The van der Waals surface area contributed by atoms with E-state index < -0.39 is 5.54 Å². The highest BCUT2D eigenvalue weighted by molar-refractivity contribution is 5.87. The lowest BCUT2D eigenvalue weighted by Crippen LogP contribution is -2.40. The summed E-state index contributed by atoms with van der Waals surface area (Å²) in [5, 5.41) is 0. The van der Waals surface area contributed by atoms with Crippen LogP contribution < -0.4 is 9.80 Å². The van der Waals surface area contributed by atoms with Gasteiger partial charge in [-0.3, -0.25) is 0 Å². The Kier molecular flexibility index (Phi) is 7.95. The molecule has 0 bridgehead atoms. The molecule has 4 heteroatoms. The van der Waals surface area contributed by atoms with E-state index in [2.05, 4.69) is 137 Å². The summed E-state index contributed by atoms with van der Waals surface area (Å²) in [6.45, 7) is 15.7. The minimum atomic E-state index is -0.415. The molecule has 2 nitrogen and oxygen atoms in total. The minimum Gasteiger partial charge on any atom is -0.331 e. The summed E-state index contributed by atoms with van der Waals surface area (Å²) in [5.74, 6) is -0.475. The predicted molar refractivity (Wildman–Crippen MR) is 212 cm³/mol. The summed E-state index contributed by atoms with van der Waals surface area (Å²) >= 11 is 0. The molecule has 0 aromatic heterocycles. The van der Waals surface area contributed by atoms with Gasteiger partial charge in [0.15, 0.2) is 0 Å². The second-order valence-electron chi connectivity index (χ2n) is 15.5. The minimum absolute atomic E-state index is 0.234. The first-order chi connectivity index (χ1) is 24.9. The van der Waals surface area contributed by atoms with E-state index in [1.807, 2.05) is 24.3 Å². The van der Waals surface area contributed by atoms with Crippen LogP contribution in [-0.4, -0.2) is 0 Å². The lowest BCUT2D eigenvalue weighted by molar-refractivity contribution is 0.462. The molecular weight excluding hydrogens is 643 g/mol. The van der Waals surface area contributed by atoms with Crippen LogP contribution in [0.15, 0.2) is 127 Å². The molecule has 0 radical (unpaired) electrons. The maximum atomic E-state index is 14.2. The molecule has 262 valence electrons. The molecule has 0 spiro atoms. The van der Waals surface area contributed by atoms with Crippen molar-refractivity contribution in [2.75, 3.05) is 9.80 Å². The molecule has 6 aromatic carbocycles. The zero-order valence-electron chi connectivity index (χ0n) is 31.2. The Labute approximate surface area is 307 Å². The maximum Gasteiger partial charge on any atom is 0.123 e. The van der Waals surface area contributed by atoms with Crippen LogP contribution in [0.3, 0.4) is 0 Å². The fraction of sp³-hybridized carbons (Fsp3) is 0.250. The Bertz CT molecular complexity index is 2200. The molecule has 2 aliphatic rings. The van der Waals surface area contributed by atoms with Crippen LogP contribution in [0.2, 0.25) is 0 Å². The Balaban J connectivity index is 1.24. The van der Waals surface area contributed by atoms with Crippen molar-refractivity contribution < 1.29 is 8.78 Å². The summed E-state index contributed by atoms with van der Waals surface area (Å²) in [5.41, 5.74) is 14.6. The van der Waals surface area contributed by atoms with Gasteiger partial charge in [0.1, 0.15) is 11.6 Å². The smallest absolute Gasteiger partial charge is 0.123 e. The lowest BCUT2D eigenvalue weighted by Gasteiger charge is -2.44. The van der Waals surface area contributed by atoms with Crippen molar-refractivity contribution in [1.82, 2.24) is 0 Å². The number of hydrogen-bond donors (Lipinski definition) is 0. The number of nitrogens with zero attached hydrogens (tertiary/aromatic N) is 2. The van der Waals surface area contributed by atoms with Gasteiger partial charge in [-0.1, -0.05) is 87.4 Å². The maximum absolute atomic E-state index is 14.2. The zero-order chi connectivity index (χ0) is 36.6. The van der Waals surface area contributed by atoms with Gasteiger partial charge >= 0.3 is 0 Å². The molecule has 0 saturated heterocycles. The summed E-state index contributed by atoms with van der Waals surface area (Å²) in [6, 6.07) is 43.0. The van der Waals surface area contributed by atoms with Crippen LogP contribution in [-0.2, 0) is 16.5 Å². The Hall–Kier alpha value is -5.22. The van der Waals surface area contributed by atoms with Gasteiger partial charge in [-0.2, -0.15) is 0 Å². The summed E-state index contributed by atoms with van der Waals surface area (Å²) in [4.78, 5) is 4.78. The Morgan fingerprint density at radius 1 is 0.538 bits per heavy atom. The van der Waals surface area contributed by atoms with Crippen molar-refractivity contribution in [1.29, 1.82) is 0 Å². The molecule has 0 saturated carbocycles. The largest absolute Gasteiger partial charge is 0.331 e. The number of hydrogen-bond acceptors (Lipinski definition) is 2. The molecule has 0 N–H and O–H groups in total. The van der Waals surface area contributed by atoms with E-state index in [1.54, 1.807) is 24.3 Å². The first-order valence-electron chi connectivity index (χ1n) is 18.5. The molecule has 0 heterocycles.